The van der Waals surface area contributed by atoms with Gasteiger partial charge in [-0.25, -0.2) is 4.98 Å². The van der Waals surface area contributed by atoms with Gasteiger partial charge in [-0.05, 0) is 31.9 Å². The maximum Gasteiger partial charge on any atom is 0.273 e. The number of benzene rings is 1. The summed E-state index contributed by atoms with van der Waals surface area (Å²) < 4.78 is 0. The van der Waals surface area contributed by atoms with Crippen LogP contribution in [0.5, 0.6) is 0 Å². The van der Waals surface area contributed by atoms with Crippen molar-refractivity contribution in [3.05, 3.63) is 51.5 Å². The summed E-state index contributed by atoms with van der Waals surface area (Å²) in [7, 11) is 0. The predicted molar refractivity (Wildman–Crippen MR) is 98.3 cm³/mol. The Labute approximate surface area is 147 Å². The summed E-state index contributed by atoms with van der Waals surface area (Å²) in [5.74, 6) is 0.0583. The molecule has 1 atom stereocenters. The summed E-state index contributed by atoms with van der Waals surface area (Å²) in [6, 6.07) is 8.69. The first kappa shape index (κ1) is 17.1. The summed E-state index contributed by atoms with van der Waals surface area (Å²) in [5, 5.41) is 2.83. The van der Waals surface area contributed by atoms with Crippen LogP contribution in [-0.4, -0.2) is 28.9 Å². The fourth-order valence-corrected chi connectivity index (χ4v) is 4.16. The summed E-state index contributed by atoms with van der Waals surface area (Å²) in [6.45, 7) is 3.48. The molecule has 0 bridgehead atoms. The van der Waals surface area contributed by atoms with E-state index in [0.29, 0.717) is 12.2 Å². The zero-order chi connectivity index (χ0) is 16.9. The highest BCUT2D eigenvalue weighted by molar-refractivity contribution is 7.09. The average molecular weight is 343 g/mol. The molecule has 1 aliphatic rings. The summed E-state index contributed by atoms with van der Waals surface area (Å²) in [4.78, 5) is 19.6. The Hall–Kier alpha value is -1.72. The van der Waals surface area contributed by atoms with Gasteiger partial charge in [0.15, 0.2) is 0 Å². The van der Waals surface area contributed by atoms with Crippen molar-refractivity contribution >= 4 is 17.2 Å². The van der Waals surface area contributed by atoms with E-state index in [4.69, 9.17) is 5.73 Å². The molecule has 2 aromatic rings. The largest absolute Gasteiger partial charge is 0.330 e. The summed E-state index contributed by atoms with van der Waals surface area (Å²) >= 11 is 1.53. The monoisotopic (exact) mass is 343 g/mol. The molecule has 1 amide bonds. The van der Waals surface area contributed by atoms with Gasteiger partial charge in [-0.15, -0.1) is 11.3 Å². The maximum absolute atomic E-state index is 13.1. The van der Waals surface area contributed by atoms with Gasteiger partial charge in [0.25, 0.3) is 5.91 Å². The van der Waals surface area contributed by atoms with Crippen molar-refractivity contribution in [3.8, 4) is 0 Å². The smallest absolute Gasteiger partial charge is 0.273 e. The van der Waals surface area contributed by atoms with E-state index in [1.54, 1.807) is 0 Å². The Kier molecular flexibility index (Phi) is 5.63. The molecule has 1 fully saturated rings. The number of carbonyl (C=O) groups excluding carboxylic acids is 1. The van der Waals surface area contributed by atoms with E-state index in [-0.39, 0.29) is 11.9 Å². The van der Waals surface area contributed by atoms with Gasteiger partial charge in [-0.2, -0.15) is 0 Å². The molecule has 0 radical (unpaired) electrons. The number of likely N-dealkylation sites (tertiary alicyclic amines) is 1. The number of hydrogen-bond donors (Lipinski definition) is 1. The van der Waals surface area contributed by atoms with Gasteiger partial charge in [0.05, 0.1) is 11.0 Å². The van der Waals surface area contributed by atoms with Crippen molar-refractivity contribution in [1.29, 1.82) is 0 Å². The predicted octanol–water partition coefficient (Wildman–Crippen LogP) is 3.71. The Morgan fingerprint density at radius 3 is 3.04 bits per heavy atom. The molecule has 5 heteroatoms. The number of aryl methyl sites for hydroxylation is 1. The Balaban J connectivity index is 1.87. The van der Waals surface area contributed by atoms with Gasteiger partial charge in [-0.3, -0.25) is 4.79 Å². The number of carbonyl (C=O) groups is 1. The average Bonchev–Trinajstić information content (AvgIpc) is 2.90. The molecular formula is C19H25N3OS. The molecule has 3 rings (SSSR count). The number of nitrogens with zero attached hydrogens (tertiary/aromatic N) is 2. The molecule has 0 saturated carbocycles. The summed E-state index contributed by atoms with van der Waals surface area (Å²) in [6.07, 6.45) is 5.17. The molecule has 1 aromatic heterocycles. The van der Waals surface area contributed by atoms with Crippen molar-refractivity contribution in [2.24, 2.45) is 5.73 Å². The van der Waals surface area contributed by atoms with E-state index < -0.39 is 0 Å². The van der Waals surface area contributed by atoms with E-state index in [0.717, 1.165) is 37.2 Å². The highest BCUT2D eigenvalue weighted by Gasteiger charge is 2.28. The second-order valence-electron chi connectivity index (χ2n) is 6.44. The molecule has 128 valence electrons. The lowest BCUT2D eigenvalue weighted by atomic mass is 9.99. The maximum atomic E-state index is 13.1. The van der Waals surface area contributed by atoms with Crippen LogP contribution in [0.25, 0.3) is 0 Å². The molecule has 1 aliphatic heterocycles. The van der Waals surface area contributed by atoms with E-state index in [1.165, 1.54) is 28.9 Å². The van der Waals surface area contributed by atoms with Crippen molar-refractivity contribution in [2.45, 2.75) is 45.1 Å². The van der Waals surface area contributed by atoms with Crippen LogP contribution in [0.4, 0.5) is 0 Å². The second-order valence-corrected chi connectivity index (χ2v) is 7.39. The van der Waals surface area contributed by atoms with E-state index in [2.05, 4.69) is 36.2 Å². The van der Waals surface area contributed by atoms with Crippen molar-refractivity contribution in [2.75, 3.05) is 13.1 Å². The molecule has 0 spiro atoms. The number of aromatic nitrogens is 1. The molecule has 24 heavy (non-hydrogen) atoms. The molecule has 0 aliphatic carbocycles. The van der Waals surface area contributed by atoms with Crippen LogP contribution in [0.1, 0.15) is 58.3 Å². The highest BCUT2D eigenvalue weighted by Crippen LogP contribution is 2.32. The number of rotatable bonds is 4. The minimum Gasteiger partial charge on any atom is -0.330 e. The lowest BCUT2D eigenvalue weighted by Gasteiger charge is -2.30. The zero-order valence-electron chi connectivity index (χ0n) is 14.2. The topological polar surface area (TPSA) is 59.2 Å². The van der Waals surface area contributed by atoms with E-state index in [1.807, 2.05) is 10.3 Å². The standard InChI is InChI=1S/C19H25N3OS/c1-14-6-5-7-15(12-14)17-8-3-2-4-11-22(17)19(23)16-13-24-18(21-16)9-10-20/h5-7,12-13,17H,2-4,8-11,20H2,1H3. The molecule has 2 N–H and O–H groups in total. The van der Waals surface area contributed by atoms with Gasteiger partial charge in [0, 0.05) is 18.3 Å². The van der Waals surface area contributed by atoms with Crippen molar-refractivity contribution in [3.63, 3.8) is 0 Å². The fraction of sp³-hybridized carbons (Fsp3) is 0.474. The minimum atomic E-state index is 0.0583. The number of amides is 1. The molecule has 1 aromatic carbocycles. The number of thiazole rings is 1. The van der Waals surface area contributed by atoms with E-state index in [9.17, 15) is 4.79 Å². The van der Waals surface area contributed by atoms with Gasteiger partial charge in [-0.1, -0.05) is 42.7 Å². The lowest BCUT2D eigenvalue weighted by molar-refractivity contribution is 0.0675. The van der Waals surface area contributed by atoms with Crippen LogP contribution in [0.15, 0.2) is 29.6 Å². The fourth-order valence-electron chi connectivity index (χ4n) is 3.37. The van der Waals surface area contributed by atoms with Crippen LogP contribution in [0.2, 0.25) is 0 Å². The number of hydrogen-bond acceptors (Lipinski definition) is 4. The van der Waals surface area contributed by atoms with Crippen LogP contribution in [-0.2, 0) is 6.42 Å². The van der Waals surface area contributed by atoms with Gasteiger partial charge in [0.2, 0.25) is 0 Å². The molecule has 2 heterocycles. The van der Waals surface area contributed by atoms with Crippen LogP contribution >= 0.6 is 11.3 Å². The van der Waals surface area contributed by atoms with Crippen molar-refractivity contribution in [1.82, 2.24) is 9.88 Å². The van der Waals surface area contributed by atoms with Gasteiger partial charge >= 0.3 is 0 Å². The first-order chi connectivity index (χ1) is 11.7. The van der Waals surface area contributed by atoms with Gasteiger partial charge in [0.1, 0.15) is 5.69 Å². The highest BCUT2D eigenvalue weighted by atomic mass is 32.1. The Morgan fingerprint density at radius 1 is 1.38 bits per heavy atom. The zero-order valence-corrected chi connectivity index (χ0v) is 15.0. The van der Waals surface area contributed by atoms with Crippen molar-refractivity contribution < 1.29 is 4.79 Å². The minimum absolute atomic E-state index is 0.0583. The van der Waals surface area contributed by atoms with Crippen LogP contribution in [0.3, 0.4) is 0 Å². The molecule has 1 unspecified atom stereocenters. The Bertz CT molecular complexity index is 697. The van der Waals surface area contributed by atoms with Crippen LogP contribution in [0, 0.1) is 6.92 Å². The third kappa shape index (κ3) is 3.84. The summed E-state index contributed by atoms with van der Waals surface area (Å²) in [5.41, 5.74) is 8.64. The SMILES string of the molecule is Cc1cccc(C2CCCCCN2C(=O)c2csc(CCN)n2)c1. The third-order valence-corrected chi connectivity index (χ3v) is 5.48. The normalized spacial score (nSPS) is 18.4. The first-order valence-corrected chi connectivity index (χ1v) is 9.59. The lowest BCUT2D eigenvalue weighted by Crippen LogP contribution is -2.35. The second kappa shape index (κ2) is 7.90. The number of nitrogens with two attached hydrogens (primary N) is 1. The van der Waals surface area contributed by atoms with Crippen LogP contribution < -0.4 is 5.73 Å². The van der Waals surface area contributed by atoms with Gasteiger partial charge < -0.3 is 10.6 Å². The quantitative estimate of drug-likeness (QED) is 0.920. The van der Waals surface area contributed by atoms with E-state index >= 15 is 0 Å². The molecule has 1 saturated heterocycles. The molecule has 4 nitrogen and oxygen atoms in total. The first-order valence-electron chi connectivity index (χ1n) is 8.71. The third-order valence-electron chi connectivity index (χ3n) is 4.57. The Morgan fingerprint density at radius 2 is 2.25 bits per heavy atom. The molecular weight excluding hydrogens is 318 g/mol.